The second-order valence-corrected chi connectivity index (χ2v) is 7.09. The van der Waals surface area contributed by atoms with E-state index in [1.807, 2.05) is 0 Å². The van der Waals surface area contributed by atoms with Gasteiger partial charge in [0.25, 0.3) is 17.5 Å². The Labute approximate surface area is 201 Å². The molecule has 0 radical (unpaired) electrons. The summed E-state index contributed by atoms with van der Waals surface area (Å²) in [5.41, 5.74) is 0.957. The number of benzene rings is 3. The van der Waals surface area contributed by atoms with Crippen LogP contribution >= 0.6 is 0 Å². The lowest BCUT2D eigenvalue weighted by molar-refractivity contribution is -0.384. The van der Waals surface area contributed by atoms with Crippen molar-refractivity contribution in [1.29, 1.82) is 0 Å². The van der Waals surface area contributed by atoms with Gasteiger partial charge in [0.2, 0.25) is 5.75 Å². The number of amides is 2. The molecule has 180 valence electrons. The van der Waals surface area contributed by atoms with Crippen LogP contribution in [-0.2, 0) is 4.79 Å². The fraction of sp³-hybridized carbons (Fsp3) is 0.120. The van der Waals surface area contributed by atoms with Gasteiger partial charge in [0.1, 0.15) is 5.70 Å². The monoisotopic (exact) mass is 477 g/mol. The van der Waals surface area contributed by atoms with Gasteiger partial charge in [-0.2, -0.15) is 0 Å². The van der Waals surface area contributed by atoms with Gasteiger partial charge < -0.3 is 24.8 Å². The van der Waals surface area contributed by atoms with Gasteiger partial charge in [-0.05, 0) is 48.0 Å². The highest BCUT2D eigenvalue weighted by Crippen LogP contribution is 2.38. The number of anilines is 1. The van der Waals surface area contributed by atoms with Gasteiger partial charge in [-0.3, -0.25) is 19.7 Å². The Bertz CT molecular complexity index is 1230. The largest absolute Gasteiger partial charge is 0.493 e. The number of hydrogen-bond acceptors (Lipinski definition) is 7. The van der Waals surface area contributed by atoms with E-state index in [0.29, 0.717) is 34.1 Å². The topological polar surface area (TPSA) is 129 Å². The third-order valence-electron chi connectivity index (χ3n) is 4.86. The minimum absolute atomic E-state index is 0.0773. The molecule has 0 spiro atoms. The Balaban J connectivity index is 1.99. The number of nitrogens with one attached hydrogen (secondary N) is 2. The molecule has 0 aliphatic heterocycles. The molecule has 0 aliphatic carbocycles. The van der Waals surface area contributed by atoms with Crippen molar-refractivity contribution in [2.75, 3.05) is 26.6 Å². The Morgan fingerprint density at radius 1 is 0.886 bits per heavy atom. The minimum atomic E-state index is -0.642. The van der Waals surface area contributed by atoms with E-state index in [4.69, 9.17) is 14.2 Å². The number of nitro benzene ring substituents is 1. The van der Waals surface area contributed by atoms with Crippen LogP contribution in [-0.4, -0.2) is 38.1 Å². The summed E-state index contributed by atoms with van der Waals surface area (Å²) >= 11 is 0. The molecule has 0 atom stereocenters. The van der Waals surface area contributed by atoms with Crippen LogP contribution in [0.2, 0.25) is 0 Å². The van der Waals surface area contributed by atoms with Crippen molar-refractivity contribution in [3.8, 4) is 17.2 Å². The summed E-state index contributed by atoms with van der Waals surface area (Å²) in [6, 6.07) is 17.0. The molecule has 3 aromatic rings. The first-order valence-corrected chi connectivity index (χ1v) is 10.3. The smallest absolute Gasteiger partial charge is 0.272 e. The number of nitrogens with zero attached hydrogens (tertiary/aromatic N) is 1. The van der Waals surface area contributed by atoms with E-state index in [0.717, 1.165) is 0 Å². The predicted octanol–water partition coefficient (Wildman–Crippen LogP) is 4.03. The van der Waals surface area contributed by atoms with Crippen molar-refractivity contribution < 1.29 is 28.7 Å². The molecule has 0 unspecified atom stereocenters. The van der Waals surface area contributed by atoms with Crippen molar-refractivity contribution in [3.63, 3.8) is 0 Å². The van der Waals surface area contributed by atoms with E-state index < -0.39 is 16.7 Å². The van der Waals surface area contributed by atoms with Gasteiger partial charge >= 0.3 is 0 Å². The van der Waals surface area contributed by atoms with E-state index >= 15 is 0 Å². The number of carbonyl (C=O) groups is 2. The zero-order valence-corrected chi connectivity index (χ0v) is 19.2. The molecule has 3 rings (SSSR count). The summed E-state index contributed by atoms with van der Waals surface area (Å²) < 4.78 is 16.0. The molecule has 0 aliphatic rings. The number of hydrogen-bond donors (Lipinski definition) is 2. The molecule has 2 N–H and O–H groups in total. The molecule has 35 heavy (non-hydrogen) atoms. The standard InChI is InChI=1S/C25H23N3O7/c1-33-21-14-16(15-22(34-2)23(21)35-3)13-20(27-24(29)17-7-5-4-6-8-17)25(30)26-18-9-11-19(12-10-18)28(31)32/h4-15H,1-3H3,(H,26,30)(H,27,29)/b20-13+. The number of non-ortho nitro benzene ring substituents is 1. The second kappa shape index (κ2) is 11.3. The average molecular weight is 477 g/mol. The summed E-state index contributed by atoms with van der Waals surface area (Å²) in [6.07, 6.45) is 1.45. The van der Waals surface area contributed by atoms with E-state index in [2.05, 4.69) is 10.6 Å². The van der Waals surface area contributed by atoms with Crippen LogP contribution < -0.4 is 24.8 Å². The fourth-order valence-electron chi connectivity index (χ4n) is 3.16. The lowest BCUT2D eigenvalue weighted by Gasteiger charge is -2.14. The first kappa shape index (κ1) is 24.8. The molecule has 2 amide bonds. The molecule has 10 nitrogen and oxygen atoms in total. The van der Waals surface area contributed by atoms with E-state index in [1.54, 1.807) is 42.5 Å². The maximum atomic E-state index is 13.1. The lowest BCUT2D eigenvalue weighted by atomic mass is 10.1. The SMILES string of the molecule is COc1cc(/C=C(/NC(=O)c2ccccc2)C(=O)Nc2ccc([N+](=O)[O-])cc2)cc(OC)c1OC. The third kappa shape index (κ3) is 6.14. The molecule has 0 bridgehead atoms. The van der Waals surface area contributed by atoms with Gasteiger partial charge in [-0.25, -0.2) is 0 Å². The number of nitro groups is 1. The molecular formula is C25H23N3O7. The lowest BCUT2D eigenvalue weighted by Crippen LogP contribution is -2.30. The molecule has 0 saturated heterocycles. The Hall–Kier alpha value is -4.86. The van der Waals surface area contributed by atoms with Crippen molar-refractivity contribution in [2.45, 2.75) is 0 Å². The quantitative estimate of drug-likeness (QED) is 0.270. The first-order chi connectivity index (χ1) is 16.9. The van der Waals surface area contributed by atoms with Gasteiger partial charge in [-0.15, -0.1) is 0 Å². The maximum Gasteiger partial charge on any atom is 0.272 e. The average Bonchev–Trinajstić information content (AvgIpc) is 2.88. The van der Waals surface area contributed by atoms with Crippen molar-refractivity contribution in [3.05, 3.63) is 93.7 Å². The Morgan fingerprint density at radius 3 is 2.00 bits per heavy atom. The fourth-order valence-corrected chi connectivity index (χ4v) is 3.16. The van der Waals surface area contributed by atoms with Crippen LogP contribution in [0.25, 0.3) is 6.08 Å². The highest BCUT2D eigenvalue weighted by atomic mass is 16.6. The van der Waals surface area contributed by atoms with Crippen LogP contribution in [0.5, 0.6) is 17.2 Å². The maximum absolute atomic E-state index is 13.1. The second-order valence-electron chi connectivity index (χ2n) is 7.09. The van der Waals surface area contributed by atoms with E-state index in [9.17, 15) is 19.7 Å². The number of rotatable bonds is 9. The van der Waals surface area contributed by atoms with Crippen molar-refractivity contribution in [2.24, 2.45) is 0 Å². The highest BCUT2D eigenvalue weighted by Gasteiger charge is 2.18. The molecule has 3 aromatic carbocycles. The summed E-state index contributed by atoms with van der Waals surface area (Å²) in [7, 11) is 4.40. The minimum Gasteiger partial charge on any atom is -0.493 e. The normalized spacial score (nSPS) is 10.8. The molecule has 0 fully saturated rings. The zero-order chi connectivity index (χ0) is 25.4. The highest BCUT2D eigenvalue weighted by molar-refractivity contribution is 6.10. The number of methoxy groups -OCH3 is 3. The Kier molecular flexibility index (Phi) is 8.02. The summed E-state index contributed by atoms with van der Waals surface area (Å²) in [5.74, 6) is -0.0393. The van der Waals surface area contributed by atoms with Crippen LogP contribution in [0.1, 0.15) is 15.9 Å². The van der Waals surface area contributed by atoms with Gasteiger partial charge in [-0.1, -0.05) is 18.2 Å². The molecule has 0 aromatic heterocycles. The summed E-state index contributed by atoms with van der Waals surface area (Å²) in [6.45, 7) is 0. The first-order valence-electron chi connectivity index (χ1n) is 10.3. The van der Waals surface area contributed by atoms with Gasteiger partial charge in [0.15, 0.2) is 11.5 Å². The zero-order valence-electron chi connectivity index (χ0n) is 19.2. The van der Waals surface area contributed by atoms with Gasteiger partial charge in [0, 0.05) is 23.4 Å². The van der Waals surface area contributed by atoms with Crippen LogP contribution in [0, 0.1) is 10.1 Å². The van der Waals surface area contributed by atoms with E-state index in [1.165, 1.54) is 51.7 Å². The summed E-state index contributed by atoms with van der Waals surface area (Å²) in [5, 5.41) is 16.1. The van der Waals surface area contributed by atoms with Crippen LogP contribution in [0.4, 0.5) is 11.4 Å². The van der Waals surface area contributed by atoms with Crippen molar-refractivity contribution >= 4 is 29.3 Å². The summed E-state index contributed by atoms with van der Waals surface area (Å²) in [4.78, 5) is 36.3. The van der Waals surface area contributed by atoms with Crippen LogP contribution in [0.15, 0.2) is 72.4 Å². The number of carbonyl (C=O) groups excluding carboxylic acids is 2. The molecule has 0 heterocycles. The predicted molar refractivity (Wildman–Crippen MR) is 130 cm³/mol. The van der Waals surface area contributed by atoms with Gasteiger partial charge in [0.05, 0.1) is 26.3 Å². The number of ether oxygens (including phenoxy) is 3. The third-order valence-corrected chi connectivity index (χ3v) is 4.86. The van der Waals surface area contributed by atoms with E-state index in [-0.39, 0.29) is 11.4 Å². The molecule has 0 saturated carbocycles. The van der Waals surface area contributed by atoms with Crippen molar-refractivity contribution in [1.82, 2.24) is 5.32 Å². The molecular weight excluding hydrogens is 454 g/mol. The van der Waals surface area contributed by atoms with Crippen LogP contribution in [0.3, 0.4) is 0 Å². The Morgan fingerprint density at radius 2 is 1.49 bits per heavy atom. The molecule has 10 heteroatoms.